The number of anilines is 1. The van der Waals surface area contributed by atoms with Crippen LogP contribution in [0.15, 0.2) is 18.2 Å². The standard InChI is InChI=1S/C12H15N3O6S/c1-2-22-6-5-10(12(16)17)13-9-4-3-8(14(18)19)7-11(9)15(20)21/h3-4,7,10,13H,2,5-6H2,1H3,(H,16,17). The van der Waals surface area contributed by atoms with Gasteiger partial charge in [0.15, 0.2) is 0 Å². The van der Waals surface area contributed by atoms with Gasteiger partial charge in [-0.1, -0.05) is 6.92 Å². The van der Waals surface area contributed by atoms with Gasteiger partial charge in [0.2, 0.25) is 0 Å². The number of nitrogens with one attached hydrogen (secondary N) is 1. The molecule has 0 amide bonds. The molecule has 10 heteroatoms. The maximum atomic E-state index is 11.2. The lowest BCUT2D eigenvalue weighted by Gasteiger charge is -2.15. The van der Waals surface area contributed by atoms with E-state index in [-0.39, 0.29) is 12.1 Å². The Morgan fingerprint density at radius 3 is 2.55 bits per heavy atom. The highest BCUT2D eigenvalue weighted by Crippen LogP contribution is 2.29. The molecule has 2 N–H and O–H groups in total. The Bertz CT molecular complexity index is 580. The summed E-state index contributed by atoms with van der Waals surface area (Å²) in [7, 11) is 0. The molecule has 0 saturated heterocycles. The Morgan fingerprint density at radius 2 is 2.05 bits per heavy atom. The van der Waals surface area contributed by atoms with E-state index in [4.69, 9.17) is 5.11 Å². The zero-order valence-corrected chi connectivity index (χ0v) is 12.5. The van der Waals surface area contributed by atoms with Gasteiger partial charge in [0.25, 0.3) is 11.4 Å². The predicted octanol–water partition coefficient (Wildman–Crippen LogP) is 2.51. The first kappa shape index (κ1) is 17.7. The SMILES string of the molecule is CCSCCC(Nc1ccc([N+](=O)[O-])cc1[N+](=O)[O-])C(=O)O. The van der Waals surface area contributed by atoms with Crippen LogP contribution < -0.4 is 5.32 Å². The van der Waals surface area contributed by atoms with Gasteiger partial charge in [0, 0.05) is 6.07 Å². The molecular formula is C12H15N3O6S. The number of benzene rings is 1. The van der Waals surface area contributed by atoms with E-state index in [0.717, 1.165) is 24.0 Å². The summed E-state index contributed by atoms with van der Waals surface area (Å²) >= 11 is 1.55. The van der Waals surface area contributed by atoms with Gasteiger partial charge >= 0.3 is 5.97 Å². The Kier molecular flexibility index (Phi) is 6.57. The van der Waals surface area contributed by atoms with Crippen LogP contribution in [0.25, 0.3) is 0 Å². The number of non-ortho nitro benzene ring substituents is 1. The average molecular weight is 329 g/mol. The highest BCUT2D eigenvalue weighted by Gasteiger charge is 2.24. The normalized spacial score (nSPS) is 11.7. The zero-order chi connectivity index (χ0) is 16.7. The van der Waals surface area contributed by atoms with E-state index in [0.29, 0.717) is 5.75 Å². The van der Waals surface area contributed by atoms with Crippen LogP contribution in [0.3, 0.4) is 0 Å². The van der Waals surface area contributed by atoms with Gasteiger partial charge < -0.3 is 10.4 Å². The van der Waals surface area contributed by atoms with Crippen molar-refractivity contribution in [2.24, 2.45) is 0 Å². The summed E-state index contributed by atoms with van der Waals surface area (Å²) in [6.07, 6.45) is 0.280. The van der Waals surface area contributed by atoms with Crippen molar-refractivity contribution in [1.29, 1.82) is 0 Å². The number of thioether (sulfide) groups is 1. The van der Waals surface area contributed by atoms with Crippen molar-refractivity contribution >= 4 is 34.8 Å². The van der Waals surface area contributed by atoms with E-state index in [1.54, 1.807) is 11.8 Å². The van der Waals surface area contributed by atoms with E-state index in [2.05, 4.69) is 5.32 Å². The lowest BCUT2D eigenvalue weighted by molar-refractivity contribution is -0.393. The summed E-state index contributed by atoms with van der Waals surface area (Å²) in [5.74, 6) is 0.287. The van der Waals surface area contributed by atoms with Gasteiger partial charge in [-0.15, -0.1) is 0 Å². The van der Waals surface area contributed by atoms with Crippen molar-refractivity contribution in [3.05, 3.63) is 38.4 Å². The second-order valence-corrected chi connectivity index (χ2v) is 5.63. The number of aliphatic carboxylic acids is 1. The number of carbonyl (C=O) groups is 1. The molecule has 0 spiro atoms. The van der Waals surface area contributed by atoms with E-state index in [9.17, 15) is 25.0 Å². The van der Waals surface area contributed by atoms with Crippen molar-refractivity contribution in [3.8, 4) is 0 Å². The fourth-order valence-electron chi connectivity index (χ4n) is 1.70. The number of carboxylic acid groups (broad SMARTS) is 1. The summed E-state index contributed by atoms with van der Waals surface area (Å²) < 4.78 is 0. The average Bonchev–Trinajstić information content (AvgIpc) is 2.45. The number of nitro benzene ring substituents is 2. The molecule has 0 radical (unpaired) electrons. The Labute approximate surface area is 130 Å². The second-order valence-electron chi connectivity index (χ2n) is 4.24. The van der Waals surface area contributed by atoms with E-state index in [1.165, 1.54) is 0 Å². The summed E-state index contributed by atoms with van der Waals surface area (Å²) in [6.45, 7) is 1.94. The Morgan fingerprint density at radius 1 is 1.36 bits per heavy atom. The number of nitrogens with zero attached hydrogens (tertiary/aromatic N) is 2. The monoisotopic (exact) mass is 329 g/mol. The molecule has 0 aliphatic rings. The fraction of sp³-hybridized carbons (Fsp3) is 0.417. The van der Waals surface area contributed by atoms with Crippen molar-refractivity contribution in [2.45, 2.75) is 19.4 Å². The predicted molar refractivity (Wildman–Crippen MR) is 82.4 cm³/mol. The molecule has 120 valence electrons. The highest BCUT2D eigenvalue weighted by molar-refractivity contribution is 7.99. The minimum Gasteiger partial charge on any atom is -0.480 e. The third-order valence-corrected chi connectivity index (χ3v) is 3.70. The van der Waals surface area contributed by atoms with Crippen LogP contribution in [0.2, 0.25) is 0 Å². The molecule has 1 aromatic carbocycles. The van der Waals surface area contributed by atoms with Crippen molar-refractivity contribution in [3.63, 3.8) is 0 Å². The van der Waals surface area contributed by atoms with Gasteiger partial charge in [0.05, 0.1) is 15.9 Å². The summed E-state index contributed by atoms with van der Waals surface area (Å²) in [5.41, 5.74) is -1.00. The van der Waals surface area contributed by atoms with Crippen LogP contribution in [0.4, 0.5) is 17.1 Å². The number of hydrogen-bond donors (Lipinski definition) is 2. The Balaban J connectivity index is 3.00. The molecule has 1 aromatic rings. The molecule has 22 heavy (non-hydrogen) atoms. The van der Waals surface area contributed by atoms with Crippen LogP contribution in [0.5, 0.6) is 0 Å². The molecule has 1 rings (SSSR count). The quantitative estimate of drug-likeness (QED) is 0.400. The summed E-state index contributed by atoms with van der Waals surface area (Å²) in [4.78, 5) is 31.3. The first-order valence-electron chi connectivity index (χ1n) is 6.36. The fourth-order valence-corrected chi connectivity index (χ4v) is 2.39. The number of rotatable bonds is 9. The molecule has 9 nitrogen and oxygen atoms in total. The van der Waals surface area contributed by atoms with Crippen LogP contribution >= 0.6 is 11.8 Å². The maximum absolute atomic E-state index is 11.2. The van der Waals surface area contributed by atoms with Crippen LogP contribution in [-0.4, -0.2) is 38.5 Å². The largest absolute Gasteiger partial charge is 0.480 e. The molecule has 0 fully saturated rings. The number of nitro groups is 2. The second kappa shape index (κ2) is 8.17. The first-order valence-corrected chi connectivity index (χ1v) is 7.52. The third-order valence-electron chi connectivity index (χ3n) is 2.77. The van der Waals surface area contributed by atoms with Crippen molar-refractivity contribution in [2.75, 3.05) is 16.8 Å². The number of hydrogen-bond acceptors (Lipinski definition) is 7. The van der Waals surface area contributed by atoms with E-state index < -0.39 is 33.2 Å². The van der Waals surface area contributed by atoms with Crippen molar-refractivity contribution in [1.82, 2.24) is 0 Å². The Hall–Kier alpha value is -2.36. The minimum atomic E-state index is -1.13. The number of carboxylic acids is 1. The molecule has 0 aromatic heterocycles. The van der Waals surface area contributed by atoms with Gasteiger partial charge in [-0.25, -0.2) is 4.79 Å². The van der Waals surface area contributed by atoms with Crippen molar-refractivity contribution < 1.29 is 19.7 Å². The highest BCUT2D eigenvalue weighted by atomic mass is 32.2. The minimum absolute atomic E-state index is 0.0514. The van der Waals surface area contributed by atoms with Gasteiger partial charge in [0.1, 0.15) is 11.7 Å². The topological polar surface area (TPSA) is 136 Å². The van der Waals surface area contributed by atoms with Crippen LogP contribution in [0, 0.1) is 20.2 Å². The van der Waals surface area contributed by atoms with Gasteiger partial charge in [-0.05, 0) is 24.0 Å². The van der Waals surface area contributed by atoms with Crippen LogP contribution in [-0.2, 0) is 4.79 Å². The molecule has 0 aliphatic carbocycles. The zero-order valence-electron chi connectivity index (χ0n) is 11.7. The lowest BCUT2D eigenvalue weighted by Crippen LogP contribution is -2.30. The molecular weight excluding hydrogens is 314 g/mol. The molecule has 0 heterocycles. The summed E-state index contributed by atoms with van der Waals surface area (Å²) in [6, 6.07) is 2.05. The van der Waals surface area contributed by atoms with Crippen LogP contribution in [0.1, 0.15) is 13.3 Å². The van der Waals surface area contributed by atoms with Gasteiger partial charge in [-0.2, -0.15) is 11.8 Å². The molecule has 1 atom stereocenters. The van der Waals surface area contributed by atoms with E-state index >= 15 is 0 Å². The summed E-state index contributed by atoms with van der Waals surface area (Å²) in [5, 5.41) is 33.4. The smallest absolute Gasteiger partial charge is 0.326 e. The van der Waals surface area contributed by atoms with Gasteiger partial charge in [-0.3, -0.25) is 20.2 Å². The third kappa shape index (κ3) is 4.88. The molecule has 1 unspecified atom stereocenters. The lowest BCUT2D eigenvalue weighted by atomic mass is 10.2. The first-order chi connectivity index (χ1) is 10.4. The maximum Gasteiger partial charge on any atom is 0.326 e. The molecule has 0 aliphatic heterocycles. The van der Waals surface area contributed by atoms with E-state index in [1.807, 2.05) is 6.92 Å². The molecule has 0 saturated carbocycles. The molecule has 0 bridgehead atoms.